The molecule has 6 N–H and O–H groups in total. The zero-order valence-corrected chi connectivity index (χ0v) is 20.8. The fourth-order valence-corrected chi connectivity index (χ4v) is 4.53. The standard InChI is InChI=1S/C25H32F3N7O2/c1-13(2)30-14(3)31-22-20(12-29)33-24(34-21-18(27)10-15(26)11-19(21)28)35(22)17-6-8-25(37,9-7-17)23(36)32-16-4-5-16/h10-13,16-17,29-31,37H,3-9H2,1-2H3,(H,32,36)(H,33,34). The molecule has 0 saturated heterocycles. The third-order valence-corrected chi connectivity index (χ3v) is 6.53. The number of imidazole rings is 1. The number of halogens is 3. The second kappa shape index (κ2) is 10.4. The highest BCUT2D eigenvalue weighted by molar-refractivity contribution is 5.86. The van der Waals surface area contributed by atoms with Crippen molar-refractivity contribution in [1.29, 1.82) is 5.41 Å². The van der Waals surface area contributed by atoms with Crippen molar-refractivity contribution in [3.8, 4) is 0 Å². The van der Waals surface area contributed by atoms with Crippen LogP contribution in [0.3, 0.4) is 0 Å². The molecule has 0 unspecified atom stereocenters. The molecule has 2 aliphatic carbocycles. The van der Waals surface area contributed by atoms with E-state index in [4.69, 9.17) is 5.41 Å². The van der Waals surface area contributed by atoms with Gasteiger partial charge in [-0.1, -0.05) is 6.58 Å². The first-order chi connectivity index (χ1) is 17.5. The van der Waals surface area contributed by atoms with E-state index >= 15 is 0 Å². The highest BCUT2D eigenvalue weighted by Crippen LogP contribution is 2.41. The van der Waals surface area contributed by atoms with Gasteiger partial charge in [-0.05, 0) is 52.4 Å². The van der Waals surface area contributed by atoms with Crippen molar-refractivity contribution in [2.24, 2.45) is 0 Å². The number of anilines is 3. The van der Waals surface area contributed by atoms with Crippen molar-refractivity contribution in [3.63, 3.8) is 0 Å². The van der Waals surface area contributed by atoms with Crippen LogP contribution in [0, 0.1) is 22.9 Å². The number of amides is 1. The van der Waals surface area contributed by atoms with Gasteiger partial charge in [0.05, 0.1) is 5.82 Å². The molecule has 1 aromatic heterocycles. The highest BCUT2D eigenvalue weighted by atomic mass is 19.1. The summed E-state index contributed by atoms with van der Waals surface area (Å²) < 4.78 is 44.1. The Balaban J connectivity index is 1.68. The monoisotopic (exact) mass is 519 g/mol. The summed E-state index contributed by atoms with van der Waals surface area (Å²) in [5.74, 6) is -2.95. The maximum Gasteiger partial charge on any atom is 0.252 e. The van der Waals surface area contributed by atoms with Gasteiger partial charge in [0.1, 0.15) is 28.6 Å². The molecule has 9 nitrogen and oxygen atoms in total. The molecule has 2 fully saturated rings. The van der Waals surface area contributed by atoms with Crippen LogP contribution in [-0.4, -0.2) is 44.5 Å². The summed E-state index contributed by atoms with van der Waals surface area (Å²) in [4.78, 5) is 17.0. The van der Waals surface area contributed by atoms with Crippen LogP contribution in [0.5, 0.6) is 0 Å². The topological polar surface area (TPSA) is 127 Å². The van der Waals surface area contributed by atoms with Crippen LogP contribution in [0.25, 0.3) is 0 Å². The number of rotatable bonds is 10. The first-order valence-corrected chi connectivity index (χ1v) is 12.3. The van der Waals surface area contributed by atoms with Gasteiger partial charge in [-0.15, -0.1) is 0 Å². The first-order valence-electron chi connectivity index (χ1n) is 12.3. The SMILES string of the molecule is C=C(Nc1c(C=N)nc(Nc2c(F)cc(F)cc2F)n1C1CCC(O)(C(=O)NC2CC2)CC1)NC(C)C. The van der Waals surface area contributed by atoms with Crippen LogP contribution in [-0.2, 0) is 4.79 Å². The molecule has 4 rings (SSSR count). The van der Waals surface area contributed by atoms with Gasteiger partial charge in [0.2, 0.25) is 5.95 Å². The van der Waals surface area contributed by atoms with E-state index in [-0.39, 0.29) is 48.5 Å². The zero-order valence-electron chi connectivity index (χ0n) is 20.8. The van der Waals surface area contributed by atoms with Gasteiger partial charge in [0.25, 0.3) is 5.91 Å². The Morgan fingerprint density at radius 2 is 1.84 bits per heavy atom. The lowest BCUT2D eigenvalue weighted by Gasteiger charge is -2.36. The quantitative estimate of drug-likeness (QED) is 0.263. The van der Waals surface area contributed by atoms with E-state index in [1.54, 1.807) is 4.57 Å². The molecule has 2 saturated carbocycles. The number of hydrogen-bond acceptors (Lipinski definition) is 7. The maximum absolute atomic E-state index is 14.5. The third-order valence-electron chi connectivity index (χ3n) is 6.53. The molecule has 37 heavy (non-hydrogen) atoms. The molecule has 12 heteroatoms. The van der Waals surface area contributed by atoms with E-state index in [2.05, 4.69) is 32.8 Å². The zero-order chi connectivity index (χ0) is 26.9. The van der Waals surface area contributed by atoms with Crippen LogP contribution in [0.1, 0.15) is 64.1 Å². The molecule has 2 aliphatic rings. The predicted molar refractivity (Wildman–Crippen MR) is 134 cm³/mol. The molecular formula is C25H32F3N7O2. The Bertz CT molecular complexity index is 1180. The maximum atomic E-state index is 14.5. The molecule has 1 amide bonds. The van der Waals surface area contributed by atoms with E-state index < -0.39 is 28.7 Å². The summed E-state index contributed by atoms with van der Waals surface area (Å²) in [6.07, 6.45) is 3.83. The van der Waals surface area contributed by atoms with Crippen LogP contribution >= 0.6 is 0 Å². The number of hydrogen-bond donors (Lipinski definition) is 6. The van der Waals surface area contributed by atoms with Gasteiger partial charge in [-0.3, -0.25) is 9.36 Å². The number of benzene rings is 1. The van der Waals surface area contributed by atoms with Crippen molar-refractivity contribution < 1.29 is 23.1 Å². The molecule has 0 bridgehead atoms. The first kappa shape index (κ1) is 26.5. The van der Waals surface area contributed by atoms with Gasteiger partial charge < -0.3 is 31.8 Å². The van der Waals surface area contributed by atoms with E-state index in [0.717, 1.165) is 19.1 Å². The lowest BCUT2D eigenvalue weighted by atomic mass is 9.81. The average Bonchev–Trinajstić information content (AvgIpc) is 3.57. The van der Waals surface area contributed by atoms with E-state index in [0.29, 0.717) is 36.6 Å². The van der Waals surface area contributed by atoms with Gasteiger partial charge in [-0.25, -0.2) is 18.2 Å². The molecule has 0 spiro atoms. The molecule has 1 aromatic carbocycles. The number of aliphatic hydroxyl groups is 1. The number of carbonyl (C=O) groups excluding carboxylic acids is 1. The predicted octanol–water partition coefficient (Wildman–Crippen LogP) is 4.05. The van der Waals surface area contributed by atoms with Crippen LogP contribution in [0.2, 0.25) is 0 Å². The van der Waals surface area contributed by atoms with Crippen molar-refractivity contribution in [3.05, 3.63) is 47.7 Å². The molecule has 0 aliphatic heterocycles. The molecule has 1 heterocycles. The molecule has 0 atom stereocenters. The highest BCUT2D eigenvalue weighted by Gasteiger charge is 2.43. The van der Waals surface area contributed by atoms with Gasteiger partial charge in [0, 0.05) is 36.5 Å². The summed E-state index contributed by atoms with van der Waals surface area (Å²) in [6.45, 7) is 7.79. The minimum Gasteiger partial charge on any atom is -0.380 e. The second-order valence-corrected chi connectivity index (χ2v) is 9.97. The summed E-state index contributed by atoms with van der Waals surface area (Å²) in [7, 11) is 0. The molecule has 200 valence electrons. The van der Waals surface area contributed by atoms with Gasteiger partial charge in [-0.2, -0.15) is 0 Å². The summed E-state index contributed by atoms with van der Waals surface area (Å²) in [6, 6.07) is 0.934. The lowest BCUT2D eigenvalue weighted by molar-refractivity contribution is -0.144. The van der Waals surface area contributed by atoms with E-state index in [1.165, 1.54) is 0 Å². The van der Waals surface area contributed by atoms with Gasteiger partial charge in [0.15, 0.2) is 11.6 Å². The van der Waals surface area contributed by atoms with Crippen LogP contribution in [0.4, 0.5) is 30.6 Å². The number of aromatic nitrogens is 2. The molecular weight excluding hydrogens is 487 g/mol. The Labute approximate surface area is 213 Å². The summed E-state index contributed by atoms with van der Waals surface area (Å²) in [5.41, 5.74) is -1.93. The largest absolute Gasteiger partial charge is 0.380 e. The molecule has 2 aromatic rings. The average molecular weight is 520 g/mol. The third kappa shape index (κ3) is 5.90. The smallest absolute Gasteiger partial charge is 0.252 e. The second-order valence-electron chi connectivity index (χ2n) is 9.97. The normalized spacial score (nSPS) is 21.4. The van der Waals surface area contributed by atoms with Crippen molar-refractivity contribution in [1.82, 2.24) is 20.2 Å². The summed E-state index contributed by atoms with van der Waals surface area (Å²) in [5, 5.41) is 30.5. The van der Waals surface area contributed by atoms with Crippen molar-refractivity contribution >= 4 is 29.6 Å². The Morgan fingerprint density at radius 1 is 1.22 bits per heavy atom. The fourth-order valence-electron chi connectivity index (χ4n) is 4.53. The van der Waals surface area contributed by atoms with E-state index in [9.17, 15) is 23.1 Å². The number of nitrogens with one attached hydrogen (secondary N) is 5. The van der Waals surface area contributed by atoms with E-state index in [1.807, 2.05) is 13.8 Å². The Hall–Kier alpha value is -3.54. The molecule has 0 radical (unpaired) electrons. The van der Waals surface area contributed by atoms with Gasteiger partial charge >= 0.3 is 0 Å². The minimum absolute atomic E-state index is 0.0145. The Morgan fingerprint density at radius 3 is 2.38 bits per heavy atom. The fraction of sp³-hybridized carbons (Fsp3) is 0.480. The Kier molecular flexibility index (Phi) is 7.49. The minimum atomic E-state index is -1.51. The summed E-state index contributed by atoms with van der Waals surface area (Å²) >= 11 is 0. The van der Waals surface area contributed by atoms with Crippen molar-refractivity contribution in [2.75, 3.05) is 10.6 Å². The van der Waals surface area contributed by atoms with Crippen LogP contribution < -0.4 is 21.3 Å². The number of nitrogens with zero attached hydrogens (tertiary/aromatic N) is 2. The lowest BCUT2D eigenvalue weighted by Crippen LogP contribution is -2.49. The van der Waals surface area contributed by atoms with Crippen LogP contribution in [0.15, 0.2) is 24.5 Å². The number of carbonyl (C=O) groups is 1. The van der Waals surface area contributed by atoms with Crippen molar-refractivity contribution in [2.45, 2.75) is 76.1 Å².